The number of aryl methyl sites for hydroxylation is 1. The Kier molecular flexibility index (Phi) is 6.11. The molecule has 3 rings (SSSR count). The van der Waals surface area contributed by atoms with Crippen LogP contribution in [0.3, 0.4) is 0 Å². The lowest BCUT2D eigenvalue weighted by molar-refractivity contribution is -0.705. The third kappa shape index (κ3) is 4.23. The van der Waals surface area contributed by atoms with Gasteiger partial charge in [0.1, 0.15) is 5.75 Å². The van der Waals surface area contributed by atoms with Crippen LogP contribution in [0.4, 0.5) is 5.69 Å². The first-order chi connectivity index (χ1) is 13.4. The summed E-state index contributed by atoms with van der Waals surface area (Å²) >= 11 is 7.16. The standard InChI is InChI=1S/C19H18ClN3O4S/c1-11-9-15(16(26-3)10-14(11)20)21-17(24)12(2)28-18-19(25)27-22-23(18)13-7-5-4-6-8-13/h4-10,12H,1-3H3,(H-,21,22,24,25). The molecule has 0 aliphatic heterocycles. The minimum Gasteiger partial charge on any atom is -0.538 e. The molecule has 1 atom stereocenters. The Balaban J connectivity index is 1.79. The van der Waals surface area contributed by atoms with Gasteiger partial charge in [0, 0.05) is 23.2 Å². The van der Waals surface area contributed by atoms with Crippen LogP contribution in [0.5, 0.6) is 11.7 Å². The molecular weight excluding hydrogens is 402 g/mol. The van der Waals surface area contributed by atoms with Crippen molar-refractivity contribution < 1.29 is 23.8 Å². The number of amides is 1. The fourth-order valence-corrected chi connectivity index (χ4v) is 3.48. The van der Waals surface area contributed by atoms with Gasteiger partial charge in [-0.1, -0.05) is 29.8 Å². The van der Waals surface area contributed by atoms with Gasteiger partial charge in [0.25, 0.3) is 5.03 Å². The van der Waals surface area contributed by atoms with E-state index in [9.17, 15) is 9.90 Å². The molecule has 28 heavy (non-hydrogen) atoms. The van der Waals surface area contributed by atoms with E-state index < -0.39 is 11.2 Å². The van der Waals surface area contributed by atoms with Crippen LogP contribution in [-0.2, 0) is 4.79 Å². The molecular formula is C19H18ClN3O4S. The summed E-state index contributed by atoms with van der Waals surface area (Å²) in [7, 11) is 1.50. The Labute approximate surface area is 171 Å². The van der Waals surface area contributed by atoms with Crippen LogP contribution in [0.15, 0.2) is 52.0 Å². The smallest absolute Gasteiger partial charge is 0.298 e. The van der Waals surface area contributed by atoms with Crippen molar-refractivity contribution in [2.45, 2.75) is 24.1 Å². The largest absolute Gasteiger partial charge is 0.538 e. The highest BCUT2D eigenvalue weighted by Crippen LogP contribution is 2.32. The summed E-state index contributed by atoms with van der Waals surface area (Å²) in [5.41, 5.74) is 1.98. The molecule has 1 heterocycles. The van der Waals surface area contributed by atoms with E-state index in [-0.39, 0.29) is 10.9 Å². The first kappa shape index (κ1) is 20.0. The summed E-state index contributed by atoms with van der Waals surface area (Å²) in [5.74, 6) is -0.450. The molecule has 0 bridgehead atoms. The molecule has 3 aromatic rings. The Morgan fingerprint density at radius 2 is 2.07 bits per heavy atom. The van der Waals surface area contributed by atoms with Crippen LogP contribution in [0.25, 0.3) is 5.69 Å². The van der Waals surface area contributed by atoms with Crippen LogP contribution in [0.2, 0.25) is 5.02 Å². The highest BCUT2D eigenvalue weighted by molar-refractivity contribution is 8.00. The van der Waals surface area contributed by atoms with Gasteiger partial charge in [0.15, 0.2) is 5.95 Å². The molecule has 0 radical (unpaired) electrons. The third-order valence-corrected chi connectivity index (χ3v) is 5.51. The molecule has 1 amide bonds. The van der Waals surface area contributed by atoms with Crippen molar-refractivity contribution >= 4 is 35.0 Å². The van der Waals surface area contributed by atoms with Gasteiger partial charge in [-0.2, -0.15) is 0 Å². The molecule has 1 N–H and O–H groups in total. The fourth-order valence-electron chi connectivity index (χ4n) is 2.46. The van der Waals surface area contributed by atoms with E-state index in [1.54, 1.807) is 31.2 Å². The molecule has 0 saturated heterocycles. The van der Waals surface area contributed by atoms with Gasteiger partial charge in [-0.25, -0.2) is 0 Å². The number of ether oxygens (including phenoxy) is 1. The van der Waals surface area contributed by atoms with Gasteiger partial charge in [-0.3, -0.25) is 4.79 Å². The van der Waals surface area contributed by atoms with E-state index >= 15 is 0 Å². The maximum absolute atomic E-state index is 12.7. The number of halogens is 1. The maximum Gasteiger partial charge on any atom is 0.298 e. The first-order valence-electron chi connectivity index (χ1n) is 8.36. The zero-order valence-corrected chi connectivity index (χ0v) is 17.0. The number of rotatable bonds is 6. The van der Waals surface area contributed by atoms with E-state index in [0.717, 1.165) is 17.3 Å². The minimum absolute atomic E-state index is 0.216. The van der Waals surface area contributed by atoms with Gasteiger partial charge >= 0.3 is 0 Å². The second kappa shape index (κ2) is 8.53. The van der Waals surface area contributed by atoms with Crippen LogP contribution < -0.4 is 19.8 Å². The number of nitrogens with zero attached hydrogens (tertiary/aromatic N) is 2. The highest BCUT2D eigenvalue weighted by atomic mass is 35.5. The molecule has 2 aromatic carbocycles. The zero-order valence-electron chi connectivity index (χ0n) is 15.4. The summed E-state index contributed by atoms with van der Waals surface area (Å²) in [4.78, 5) is 12.7. The lowest BCUT2D eigenvalue weighted by Crippen LogP contribution is -2.36. The van der Waals surface area contributed by atoms with E-state index in [1.165, 1.54) is 11.8 Å². The Morgan fingerprint density at radius 3 is 2.75 bits per heavy atom. The van der Waals surface area contributed by atoms with Crippen molar-refractivity contribution in [1.29, 1.82) is 0 Å². The second-order valence-corrected chi connectivity index (χ2v) is 7.70. The van der Waals surface area contributed by atoms with Crippen LogP contribution in [0, 0.1) is 6.92 Å². The molecule has 0 fully saturated rings. The first-order valence-corrected chi connectivity index (χ1v) is 9.62. The number of thioether (sulfide) groups is 1. The number of carbonyl (C=O) groups is 1. The van der Waals surface area contributed by atoms with Crippen molar-refractivity contribution in [3.63, 3.8) is 0 Å². The summed E-state index contributed by atoms with van der Waals surface area (Å²) < 4.78 is 11.4. The summed E-state index contributed by atoms with van der Waals surface area (Å²) in [5, 5.41) is 18.8. The monoisotopic (exact) mass is 419 g/mol. The van der Waals surface area contributed by atoms with Gasteiger partial charge in [-0.05, 0) is 41.9 Å². The zero-order chi connectivity index (χ0) is 20.3. The van der Waals surface area contributed by atoms with Gasteiger partial charge < -0.3 is 19.7 Å². The minimum atomic E-state index is -0.603. The fraction of sp³-hybridized carbons (Fsp3) is 0.211. The summed E-state index contributed by atoms with van der Waals surface area (Å²) in [6.45, 7) is 3.52. The third-order valence-electron chi connectivity index (χ3n) is 3.97. The van der Waals surface area contributed by atoms with E-state index in [0.29, 0.717) is 22.1 Å². The van der Waals surface area contributed by atoms with Crippen molar-refractivity contribution in [3.8, 4) is 17.4 Å². The van der Waals surface area contributed by atoms with Crippen molar-refractivity contribution in [2.24, 2.45) is 0 Å². The molecule has 1 unspecified atom stereocenters. The number of anilines is 1. The van der Waals surface area contributed by atoms with Gasteiger partial charge in [-0.15, -0.1) is 0 Å². The lowest BCUT2D eigenvalue weighted by Gasteiger charge is -2.14. The SMILES string of the molecule is COc1cc(Cl)c(C)cc1NC(=O)C(C)Sc1c([O-])on[n+]1-c1ccccc1. The topological polar surface area (TPSA) is 91.3 Å². The Morgan fingerprint density at radius 1 is 1.36 bits per heavy atom. The second-order valence-electron chi connectivity index (χ2n) is 5.96. The highest BCUT2D eigenvalue weighted by Gasteiger charge is 2.27. The summed E-state index contributed by atoms with van der Waals surface area (Å²) in [6.07, 6.45) is 0. The molecule has 7 nitrogen and oxygen atoms in total. The predicted octanol–water partition coefficient (Wildman–Crippen LogP) is 3.11. The van der Waals surface area contributed by atoms with Crippen molar-refractivity contribution in [3.05, 3.63) is 53.1 Å². The number of benzene rings is 2. The van der Waals surface area contributed by atoms with Crippen LogP contribution in [-0.4, -0.2) is 23.5 Å². The molecule has 0 aliphatic carbocycles. The van der Waals surface area contributed by atoms with Gasteiger partial charge in [0.05, 0.1) is 23.3 Å². The summed E-state index contributed by atoms with van der Waals surface area (Å²) in [6, 6.07) is 12.5. The number of hydrogen-bond acceptors (Lipinski definition) is 6. The normalized spacial score (nSPS) is 11.9. The van der Waals surface area contributed by atoms with Crippen molar-refractivity contribution in [2.75, 3.05) is 12.4 Å². The number of para-hydroxylation sites is 1. The molecule has 1 aromatic heterocycles. The molecule has 9 heteroatoms. The number of methoxy groups -OCH3 is 1. The molecule has 146 valence electrons. The number of carbonyl (C=O) groups excluding carboxylic acids is 1. The van der Waals surface area contributed by atoms with Crippen LogP contribution >= 0.6 is 23.4 Å². The lowest BCUT2D eigenvalue weighted by atomic mass is 10.2. The van der Waals surface area contributed by atoms with Gasteiger partial charge in [0.2, 0.25) is 11.6 Å². The van der Waals surface area contributed by atoms with E-state index in [4.69, 9.17) is 20.9 Å². The predicted molar refractivity (Wildman–Crippen MR) is 104 cm³/mol. The maximum atomic E-state index is 12.7. The molecule has 0 aliphatic rings. The van der Waals surface area contributed by atoms with Crippen molar-refractivity contribution in [1.82, 2.24) is 5.27 Å². The quantitative estimate of drug-likeness (QED) is 0.487. The van der Waals surface area contributed by atoms with E-state index in [2.05, 4.69) is 10.6 Å². The Bertz CT molecular complexity index is 994. The average Bonchev–Trinajstić information content (AvgIpc) is 3.05. The average molecular weight is 420 g/mol. The number of nitrogens with one attached hydrogen (secondary N) is 1. The molecule has 0 saturated carbocycles. The Hall–Kier alpha value is -2.71. The number of aromatic nitrogens is 2. The molecule has 0 spiro atoms. The number of hydrogen-bond donors (Lipinski definition) is 1. The van der Waals surface area contributed by atoms with E-state index in [1.807, 2.05) is 25.1 Å². The van der Waals surface area contributed by atoms with Crippen LogP contribution in [0.1, 0.15) is 12.5 Å².